The molecule has 0 heterocycles. The van der Waals surface area contributed by atoms with E-state index in [9.17, 15) is 9.59 Å². The Hall–Kier alpha value is -3.31. The zero-order valence-corrected chi connectivity index (χ0v) is 19.7. The van der Waals surface area contributed by atoms with Gasteiger partial charge in [-0.2, -0.15) is 0 Å². The van der Waals surface area contributed by atoms with Crippen molar-refractivity contribution in [3.63, 3.8) is 0 Å². The fourth-order valence-corrected chi connectivity index (χ4v) is 3.83. The van der Waals surface area contributed by atoms with Gasteiger partial charge in [0.2, 0.25) is 5.91 Å². The van der Waals surface area contributed by atoms with Gasteiger partial charge in [0.15, 0.2) is 6.61 Å². The highest BCUT2D eigenvalue weighted by Gasteiger charge is 2.30. The van der Waals surface area contributed by atoms with E-state index in [1.54, 1.807) is 29.2 Å². The topological polar surface area (TPSA) is 58.6 Å². The molecule has 0 radical (unpaired) electrons. The highest BCUT2D eigenvalue weighted by Crippen LogP contribution is 2.23. The lowest BCUT2D eigenvalue weighted by Crippen LogP contribution is -2.51. The number of nitrogens with zero attached hydrogens (tertiary/aromatic N) is 1. The molecule has 0 aromatic heterocycles. The molecule has 0 aliphatic carbocycles. The van der Waals surface area contributed by atoms with Crippen LogP contribution in [0.1, 0.15) is 23.6 Å². The average Bonchev–Trinajstić information content (AvgIpc) is 2.81. The van der Waals surface area contributed by atoms with Crippen LogP contribution < -0.4 is 10.1 Å². The molecule has 2 amide bonds. The van der Waals surface area contributed by atoms with Gasteiger partial charge in [0.25, 0.3) is 5.91 Å². The van der Waals surface area contributed by atoms with Gasteiger partial charge in [-0.15, -0.1) is 0 Å². The van der Waals surface area contributed by atoms with Crippen LogP contribution in [-0.4, -0.2) is 35.9 Å². The molecule has 33 heavy (non-hydrogen) atoms. The summed E-state index contributed by atoms with van der Waals surface area (Å²) < 4.78 is 5.73. The van der Waals surface area contributed by atoms with Gasteiger partial charge in [0.05, 0.1) is 5.02 Å². The molecule has 0 fully saturated rings. The van der Waals surface area contributed by atoms with Crippen LogP contribution in [-0.2, 0) is 22.6 Å². The summed E-state index contributed by atoms with van der Waals surface area (Å²) in [6, 6.07) is 24.0. The number of para-hydroxylation sites is 1. The summed E-state index contributed by atoms with van der Waals surface area (Å²) in [7, 11) is 0. The number of benzene rings is 3. The van der Waals surface area contributed by atoms with Gasteiger partial charge in [0.1, 0.15) is 11.8 Å². The molecule has 5 nitrogen and oxygen atoms in total. The summed E-state index contributed by atoms with van der Waals surface area (Å²) >= 11 is 6.18. The second kappa shape index (κ2) is 12.1. The molecule has 0 saturated heterocycles. The fraction of sp³-hybridized carbons (Fsp3) is 0.259. The monoisotopic (exact) mass is 464 g/mol. The molecule has 0 aliphatic rings. The summed E-state index contributed by atoms with van der Waals surface area (Å²) in [5, 5.41) is 3.32. The lowest BCUT2D eigenvalue weighted by Gasteiger charge is -2.31. The number of rotatable bonds is 10. The molecule has 3 rings (SSSR count). The number of amides is 2. The zero-order valence-electron chi connectivity index (χ0n) is 19.0. The Balaban J connectivity index is 1.90. The molecular weight excluding hydrogens is 436 g/mol. The first kappa shape index (κ1) is 24.3. The molecule has 3 aromatic rings. The maximum atomic E-state index is 13.4. The van der Waals surface area contributed by atoms with Gasteiger partial charge in [-0.05, 0) is 37.1 Å². The smallest absolute Gasteiger partial charge is 0.261 e. The standard InChI is InChI=1S/C27H29ClN2O3/c1-3-29-27(32)24(17-21-11-5-4-6-12-21)30(18-22-13-9-10-20(2)16-22)26(31)19-33-25-15-8-7-14-23(25)28/h4-16,24H,3,17-19H2,1-2H3,(H,29,32)/t24-/m1/s1. The first-order valence-electron chi connectivity index (χ1n) is 11.0. The molecule has 0 spiro atoms. The van der Waals surface area contributed by atoms with E-state index in [1.165, 1.54) is 0 Å². The van der Waals surface area contributed by atoms with Crippen molar-refractivity contribution in [2.45, 2.75) is 32.9 Å². The largest absolute Gasteiger partial charge is 0.482 e. The molecule has 3 aromatic carbocycles. The molecular formula is C27H29ClN2O3. The Morgan fingerprint density at radius 1 is 0.970 bits per heavy atom. The van der Waals surface area contributed by atoms with Crippen molar-refractivity contribution in [2.24, 2.45) is 0 Å². The quantitative estimate of drug-likeness (QED) is 0.468. The minimum absolute atomic E-state index is 0.194. The third kappa shape index (κ3) is 7.09. The van der Waals surface area contributed by atoms with Gasteiger partial charge in [0, 0.05) is 19.5 Å². The van der Waals surface area contributed by atoms with Crippen molar-refractivity contribution in [3.8, 4) is 5.75 Å². The summed E-state index contributed by atoms with van der Waals surface area (Å²) in [4.78, 5) is 28.1. The third-order valence-corrected chi connectivity index (χ3v) is 5.56. The molecule has 0 unspecified atom stereocenters. The highest BCUT2D eigenvalue weighted by molar-refractivity contribution is 6.32. The van der Waals surface area contributed by atoms with Crippen LogP contribution in [0.5, 0.6) is 5.75 Å². The van der Waals surface area contributed by atoms with Gasteiger partial charge < -0.3 is 15.0 Å². The summed E-state index contributed by atoms with van der Waals surface area (Å²) in [5.41, 5.74) is 3.01. The summed E-state index contributed by atoms with van der Waals surface area (Å²) in [6.45, 7) is 4.42. The molecule has 1 N–H and O–H groups in total. The second-order valence-electron chi connectivity index (χ2n) is 7.83. The van der Waals surface area contributed by atoms with E-state index in [2.05, 4.69) is 5.32 Å². The van der Waals surface area contributed by atoms with E-state index in [0.29, 0.717) is 30.3 Å². The maximum absolute atomic E-state index is 13.4. The number of aryl methyl sites for hydroxylation is 1. The molecule has 0 bridgehead atoms. The van der Waals surface area contributed by atoms with Crippen molar-refractivity contribution in [2.75, 3.05) is 13.2 Å². The predicted octanol–water partition coefficient (Wildman–Crippen LogP) is 4.80. The number of ether oxygens (including phenoxy) is 1. The third-order valence-electron chi connectivity index (χ3n) is 5.25. The van der Waals surface area contributed by atoms with E-state index in [0.717, 1.165) is 16.7 Å². The minimum atomic E-state index is -0.685. The Morgan fingerprint density at radius 2 is 1.67 bits per heavy atom. The Bertz CT molecular complexity index is 1070. The van der Waals surface area contributed by atoms with E-state index in [1.807, 2.05) is 68.4 Å². The molecule has 1 atom stereocenters. The molecule has 6 heteroatoms. The van der Waals surface area contributed by atoms with E-state index in [-0.39, 0.29) is 18.4 Å². The van der Waals surface area contributed by atoms with Crippen molar-refractivity contribution >= 4 is 23.4 Å². The number of nitrogens with one attached hydrogen (secondary N) is 1. The molecule has 0 aliphatic heterocycles. The van der Waals surface area contributed by atoms with Crippen LogP contribution in [0.15, 0.2) is 78.9 Å². The number of likely N-dealkylation sites (N-methyl/N-ethyl adjacent to an activating group) is 1. The van der Waals surface area contributed by atoms with Crippen molar-refractivity contribution in [3.05, 3.63) is 101 Å². The zero-order chi connectivity index (χ0) is 23.6. The Kier molecular flexibility index (Phi) is 8.90. The predicted molar refractivity (Wildman–Crippen MR) is 131 cm³/mol. The lowest BCUT2D eigenvalue weighted by atomic mass is 10.0. The lowest BCUT2D eigenvalue weighted by molar-refractivity contribution is -0.142. The van der Waals surface area contributed by atoms with Crippen LogP contribution in [0.25, 0.3) is 0 Å². The van der Waals surface area contributed by atoms with Crippen molar-refractivity contribution < 1.29 is 14.3 Å². The van der Waals surface area contributed by atoms with Crippen LogP contribution in [0.3, 0.4) is 0 Å². The second-order valence-corrected chi connectivity index (χ2v) is 8.24. The average molecular weight is 465 g/mol. The SMILES string of the molecule is CCNC(=O)[C@@H](Cc1ccccc1)N(Cc1cccc(C)c1)C(=O)COc1ccccc1Cl. The molecule has 0 saturated carbocycles. The van der Waals surface area contributed by atoms with E-state index < -0.39 is 6.04 Å². The summed E-state index contributed by atoms with van der Waals surface area (Å²) in [5.74, 6) is -0.0515. The van der Waals surface area contributed by atoms with E-state index in [4.69, 9.17) is 16.3 Å². The first-order chi connectivity index (χ1) is 16.0. The van der Waals surface area contributed by atoms with Gasteiger partial charge in [-0.3, -0.25) is 9.59 Å². The van der Waals surface area contributed by atoms with Gasteiger partial charge in [-0.25, -0.2) is 0 Å². The fourth-order valence-electron chi connectivity index (χ4n) is 3.64. The summed E-state index contributed by atoms with van der Waals surface area (Å²) in [6.07, 6.45) is 0.399. The van der Waals surface area contributed by atoms with Crippen LogP contribution in [0.2, 0.25) is 5.02 Å². The minimum Gasteiger partial charge on any atom is -0.482 e. The number of carbonyl (C=O) groups is 2. The van der Waals surface area contributed by atoms with Crippen LogP contribution in [0, 0.1) is 6.92 Å². The number of hydrogen-bond acceptors (Lipinski definition) is 3. The van der Waals surface area contributed by atoms with Gasteiger partial charge in [-0.1, -0.05) is 83.9 Å². The van der Waals surface area contributed by atoms with Crippen LogP contribution in [0.4, 0.5) is 0 Å². The maximum Gasteiger partial charge on any atom is 0.261 e. The molecule has 172 valence electrons. The van der Waals surface area contributed by atoms with Crippen molar-refractivity contribution in [1.82, 2.24) is 10.2 Å². The number of hydrogen-bond donors (Lipinski definition) is 1. The highest BCUT2D eigenvalue weighted by atomic mass is 35.5. The number of halogens is 1. The van der Waals surface area contributed by atoms with Crippen molar-refractivity contribution in [1.29, 1.82) is 0 Å². The first-order valence-corrected chi connectivity index (χ1v) is 11.4. The Morgan fingerprint density at radius 3 is 2.36 bits per heavy atom. The van der Waals surface area contributed by atoms with E-state index >= 15 is 0 Å². The van der Waals surface area contributed by atoms with Gasteiger partial charge >= 0.3 is 0 Å². The number of carbonyl (C=O) groups excluding carboxylic acids is 2. The Labute approximate surface area is 200 Å². The normalized spacial score (nSPS) is 11.5. The van der Waals surface area contributed by atoms with Crippen LogP contribution >= 0.6 is 11.6 Å².